The van der Waals surface area contributed by atoms with Crippen molar-refractivity contribution >= 4 is 17.9 Å². The Balaban J connectivity index is 4.48. The van der Waals surface area contributed by atoms with E-state index in [1.54, 1.807) is 0 Å². The average Bonchev–Trinajstić information content (AvgIpc) is 3.22. The third kappa shape index (κ3) is 43.7. The molecular weight excluding hydrogens is 721 g/mol. The highest BCUT2D eigenvalue weighted by atomic mass is 16.6. The molecule has 0 aliphatic heterocycles. The summed E-state index contributed by atoms with van der Waals surface area (Å²) in [7, 11) is 0. The number of unbranched alkanes of at least 4 members (excludes halogenated alkanes) is 20. The summed E-state index contributed by atoms with van der Waals surface area (Å²) >= 11 is 0. The minimum absolute atomic E-state index is 0.0932. The van der Waals surface area contributed by atoms with Crippen molar-refractivity contribution in [3.63, 3.8) is 0 Å². The van der Waals surface area contributed by atoms with Gasteiger partial charge >= 0.3 is 17.9 Å². The van der Waals surface area contributed by atoms with Crippen LogP contribution >= 0.6 is 0 Å². The quantitative estimate of drug-likeness (QED) is 0.0201. The second-order valence-electron chi connectivity index (χ2n) is 15.4. The summed E-state index contributed by atoms with van der Waals surface area (Å²) in [6.45, 7) is 6.32. The largest absolute Gasteiger partial charge is 0.462 e. The topological polar surface area (TPSA) is 78.9 Å². The van der Waals surface area contributed by atoms with Crippen molar-refractivity contribution in [1.82, 2.24) is 0 Å². The van der Waals surface area contributed by atoms with Crippen LogP contribution in [0.3, 0.4) is 0 Å². The van der Waals surface area contributed by atoms with Gasteiger partial charge in [-0.3, -0.25) is 14.4 Å². The molecule has 6 heteroatoms. The van der Waals surface area contributed by atoms with Crippen LogP contribution in [-0.2, 0) is 28.6 Å². The molecule has 6 nitrogen and oxygen atoms in total. The SMILES string of the molecule is CC\C=C/C=C\C=C/C=C\C=C/CCCCCC(=O)OCC(COC(=O)CCCCCCCCCCCCC)OC(=O)CCCCCCCCC/C=C\C/C=C\CC. The molecule has 0 aromatic heterocycles. The predicted octanol–water partition coefficient (Wildman–Crippen LogP) is 15.3. The first-order chi connectivity index (χ1) is 28.5. The van der Waals surface area contributed by atoms with Crippen molar-refractivity contribution < 1.29 is 28.6 Å². The molecule has 1 atom stereocenters. The molecular formula is C52H86O6. The van der Waals surface area contributed by atoms with Crippen LogP contribution in [-0.4, -0.2) is 37.2 Å². The zero-order valence-corrected chi connectivity index (χ0v) is 37.5. The molecule has 0 saturated carbocycles. The molecule has 0 rings (SSSR count). The molecule has 58 heavy (non-hydrogen) atoms. The monoisotopic (exact) mass is 807 g/mol. The summed E-state index contributed by atoms with van der Waals surface area (Å²) in [5.74, 6) is -0.950. The van der Waals surface area contributed by atoms with Gasteiger partial charge in [-0.05, 0) is 64.2 Å². The Morgan fingerprint density at radius 1 is 0.379 bits per heavy atom. The summed E-state index contributed by atoms with van der Waals surface area (Å²) in [6, 6.07) is 0. The van der Waals surface area contributed by atoms with Gasteiger partial charge in [-0.25, -0.2) is 0 Å². The molecule has 0 aliphatic carbocycles. The number of hydrogen-bond donors (Lipinski definition) is 0. The molecule has 0 amide bonds. The van der Waals surface area contributed by atoms with E-state index in [1.165, 1.54) is 77.0 Å². The van der Waals surface area contributed by atoms with Crippen LogP contribution in [0.15, 0.2) is 85.1 Å². The van der Waals surface area contributed by atoms with E-state index in [4.69, 9.17) is 14.2 Å². The fourth-order valence-corrected chi connectivity index (χ4v) is 6.26. The zero-order chi connectivity index (χ0) is 42.3. The second-order valence-corrected chi connectivity index (χ2v) is 15.4. The van der Waals surface area contributed by atoms with Gasteiger partial charge in [0.05, 0.1) is 0 Å². The van der Waals surface area contributed by atoms with Crippen LogP contribution in [0.5, 0.6) is 0 Å². The second kappa shape index (κ2) is 46.3. The molecule has 0 saturated heterocycles. The molecule has 0 aliphatic rings. The normalized spacial score (nSPS) is 12.8. The molecule has 0 heterocycles. The molecule has 0 spiro atoms. The molecule has 0 aromatic rings. The van der Waals surface area contributed by atoms with Gasteiger partial charge in [0, 0.05) is 19.3 Å². The van der Waals surface area contributed by atoms with Crippen LogP contribution in [0, 0.1) is 0 Å². The molecule has 0 radical (unpaired) electrons. The van der Waals surface area contributed by atoms with Crippen molar-refractivity contribution in [2.75, 3.05) is 13.2 Å². The summed E-state index contributed by atoms with van der Waals surface area (Å²) in [5.41, 5.74) is 0. The van der Waals surface area contributed by atoms with Gasteiger partial charge in [-0.15, -0.1) is 0 Å². The number of carbonyl (C=O) groups excluding carboxylic acids is 3. The fraction of sp³-hybridized carbons (Fsp3) is 0.673. The number of carbonyl (C=O) groups is 3. The van der Waals surface area contributed by atoms with Crippen LogP contribution in [0.25, 0.3) is 0 Å². The Kier molecular flexibility index (Phi) is 43.6. The van der Waals surface area contributed by atoms with E-state index in [2.05, 4.69) is 57.2 Å². The lowest BCUT2D eigenvalue weighted by molar-refractivity contribution is -0.167. The first-order valence-corrected chi connectivity index (χ1v) is 23.7. The fourth-order valence-electron chi connectivity index (χ4n) is 6.26. The first kappa shape index (κ1) is 54.6. The van der Waals surface area contributed by atoms with Crippen molar-refractivity contribution in [2.45, 2.75) is 213 Å². The van der Waals surface area contributed by atoms with Crippen LogP contribution in [0.4, 0.5) is 0 Å². The summed E-state index contributed by atoms with van der Waals surface area (Å²) in [6.07, 6.45) is 58.5. The third-order valence-electron chi connectivity index (χ3n) is 9.77. The van der Waals surface area contributed by atoms with E-state index in [0.29, 0.717) is 19.3 Å². The molecule has 0 aromatic carbocycles. The number of esters is 3. The van der Waals surface area contributed by atoms with E-state index < -0.39 is 6.10 Å². The number of allylic oxidation sites excluding steroid dienone is 14. The molecule has 1 unspecified atom stereocenters. The van der Waals surface area contributed by atoms with Crippen LogP contribution < -0.4 is 0 Å². The van der Waals surface area contributed by atoms with Gasteiger partial charge in [-0.2, -0.15) is 0 Å². The van der Waals surface area contributed by atoms with Crippen molar-refractivity contribution in [2.24, 2.45) is 0 Å². The zero-order valence-electron chi connectivity index (χ0n) is 37.5. The summed E-state index contributed by atoms with van der Waals surface area (Å²) in [5, 5.41) is 0. The average molecular weight is 807 g/mol. The van der Waals surface area contributed by atoms with Gasteiger partial charge in [-0.1, -0.05) is 209 Å². The molecule has 0 N–H and O–H groups in total. The minimum atomic E-state index is -0.795. The van der Waals surface area contributed by atoms with Gasteiger partial charge in [0.1, 0.15) is 13.2 Å². The number of ether oxygens (including phenoxy) is 3. The summed E-state index contributed by atoms with van der Waals surface area (Å²) < 4.78 is 16.7. The number of rotatable bonds is 41. The van der Waals surface area contributed by atoms with Gasteiger partial charge in [0.25, 0.3) is 0 Å². The highest BCUT2D eigenvalue weighted by Crippen LogP contribution is 2.14. The maximum atomic E-state index is 12.7. The highest BCUT2D eigenvalue weighted by Gasteiger charge is 2.19. The molecule has 0 fully saturated rings. The van der Waals surface area contributed by atoms with Gasteiger partial charge in [0.2, 0.25) is 0 Å². The van der Waals surface area contributed by atoms with E-state index in [0.717, 1.165) is 89.9 Å². The van der Waals surface area contributed by atoms with Crippen molar-refractivity contribution in [3.8, 4) is 0 Å². The van der Waals surface area contributed by atoms with Crippen LogP contribution in [0.1, 0.15) is 207 Å². The predicted molar refractivity (Wildman–Crippen MR) is 247 cm³/mol. The lowest BCUT2D eigenvalue weighted by atomic mass is 10.1. The standard InChI is InChI=1S/C52H86O6/c1-4-7-10-13-16-19-22-24-26-28-30-33-36-39-42-45-51(54)57-48-49(47-56-50(53)44-41-38-35-32-29-21-18-15-12-9-6-3)58-52(55)46-43-40-37-34-31-27-25-23-20-17-14-11-8-5-2/h7-8,10-11,13,16-17,19-20,22,24,26,28,30,49H,4-6,9,12,14-15,18,21,23,25,27,29,31-48H2,1-3H3/b10-7-,11-8-,16-13-,20-17-,22-19-,26-24-,30-28-. The minimum Gasteiger partial charge on any atom is -0.462 e. The van der Waals surface area contributed by atoms with Crippen molar-refractivity contribution in [3.05, 3.63) is 85.1 Å². The Morgan fingerprint density at radius 3 is 1.26 bits per heavy atom. The lowest BCUT2D eigenvalue weighted by Crippen LogP contribution is -2.30. The molecule has 330 valence electrons. The Labute approximate surface area is 356 Å². The van der Waals surface area contributed by atoms with Gasteiger partial charge in [0.15, 0.2) is 6.10 Å². The Morgan fingerprint density at radius 2 is 0.759 bits per heavy atom. The van der Waals surface area contributed by atoms with E-state index in [1.807, 2.05) is 48.6 Å². The maximum Gasteiger partial charge on any atom is 0.306 e. The van der Waals surface area contributed by atoms with E-state index in [9.17, 15) is 14.4 Å². The number of hydrogen-bond acceptors (Lipinski definition) is 6. The maximum absolute atomic E-state index is 12.7. The third-order valence-corrected chi connectivity index (χ3v) is 9.77. The van der Waals surface area contributed by atoms with E-state index >= 15 is 0 Å². The Hall–Kier alpha value is -3.41. The van der Waals surface area contributed by atoms with Crippen LogP contribution in [0.2, 0.25) is 0 Å². The van der Waals surface area contributed by atoms with E-state index in [-0.39, 0.29) is 31.1 Å². The Bertz CT molecular complexity index is 1160. The van der Waals surface area contributed by atoms with Gasteiger partial charge < -0.3 is 14.2 Å². The highest BCUT2D eigenvalue weighted by molar-refractivity contribution is 5.71. The summed E-state index contributed by atoms with van der Waals surface area (Å²) in [4.78, 5) is 37.8. The smallest absolute Gasteiger partial charge is 0.306 e. The van der Waals surface area contributed by atoms with Crippen molar-refractivity contribution in [1.29, 1.82) is 0 Å². The lowest BCUT2D eigenvalue weighted by Gasteiger charge is -2.18. The first-order valence-electron chi connectivity index (χ1n) is 23.7. The molecule has 0 bridgehead atoms.